The summed E-state index contributed by atoms with van der Waals surface area (Å²) in [6, 6.07) is 1.38. The molecular weight excluding hydrogens is 1830 g/mol. The Hall–Kier alpha value is 1.57. The summed E-state index contributed by atoms with van der Waals surface area (Å²) in [5.41, 5.74) is 43.7. The van der Waals surface area contributed by atoms with Crippen molar-refractivity contribution in [3.05, 3.63) is 0 Å². The van der Waals surface area contributed by atoms with Gasteiger partial charge in [-0.25, -0.2) is 13.7 Å². The van der Waals surface area contributed by atoms with Gasteiger partial charge in [-0.2, -0.15) is 33.7 Å². The first-order valence-electron chi connectivity index (χ1n) is 34.8. The van der Waals surface area contributed by atoms with Crippen molar-refractivity contribution in [2.24, 2.45) is 45.9 Å². The molecular formula is C42H127N8O41P3S4Si12. The van der Waals surface area contributed by atoms with E-state index < -0.39 is 209 Å². The van der Waals surface area contributed by atoms with Crippen molar-refractivity contribution in [2.45, 2.75) is 170 Å². The second-order valence-electron chi connectivity index (χ2n) is 23.6. The SMILES string of the molecule is CCO[Si](CCCS(=O)(=O)O)(OCC)O[Si](CCCN)(OCC)O[SiH2]CCCN.NCCC[SiH2]O[Si](CCCN)(O[Si](CCCS(=O)(=O)O)(OP(=O)(O)O)OP(=O)(O)O)OP(=O)(O)O.NCCC[SiH2]O[Si](O)(CCCN)O[Si](O)(O)CCCS(=O)(=O)O.NCCC[SiH2]O[Si](O)(CCCN)O[Si](O)(O)CCCS(=O)(=O)O. The van der Waals surface area contributed by atoms with E-state index in [4.69, 9.17) is 114 Å². The number of hydrogen-bond donors (Lipinski definition) is 24. The van der Waals surface area contributed by atoms with E-state index in [1.165, 1.54) is 0 Å². The van der Waals surface area contributed by atoms with Gasteiger partial charge in [0.25, 0.3) is 40.5 Å². The van der Waals surface area contributed by atoms with Crippen molar-refractivity contribution in [3.63, 3.8) is 0 Å². The van der Waals surface area contributed by atoms with E-state index in [0.717, 1.165) is 37.4 Å². The Labute approximate surface area is 663 Å². The molecule has 0 aromatic rings. The predicted molar refractivity (Wildman–Crippen MR) is 428 cm³/mol. The second kappa shape index (κ2) is 60.1. The summed E-state index contributed by atoms with van der Waals surface area (Å²) < 4.78 is 234. The van der Waals surface area contributed by atoms with Gasteiger partial charge in [-0.05, 0) is 174 Å². The van der Waals surface area contributed by atoms with E-state index in [2.05, 4.69) is 8.43 Å². The van der Waals surface area contributed by atoms with E-state index >= 15 is 0 Å². The van der Waals surface area contributed by atoms with Crippen molar-refractivity contribution in [1.29, 1.82) is 0 Å². The molecule has 110 heavy (non-hydrogen) atoms. The van der Waals surface area contributed by atoms with Gasteiger partial charge in [0.15, 0.2) is 39.1 Å². The standard InChI is InChI=1S/C15H40N2O8SSi3.C9H31N2O17P3SSi3.2C9H28N2O8SSi3/c1-4-21-28(22-5-2,15-9-12-26(18,19)20)25-29(23-6-3,14-8-11-17)24-27-13-7-10-16;10-4-1-7-33-27-35(8-2-5-11,26-31(18,19)20)28-34(24-29(12,13)14,25-30(15,16)17)9-3-6-32(21,22)23;2*10-4-1-7-21-18-23(17,9-2-5-11)19-22(15,16)8-3-6-20(12,13)14/h4-17,27H2,1-3H3,(H,18,19,20);1-11,33H2,(H2,12,13,14)(H2,15,16,17)(H2,18,19,20)(H,21,22,23);2*15-17H,1-11,21H2,(H,12,13,14). The van der Waals surface area contributed by atoms with E-state index in [1.807, 2.05) is 20.8 Å². The highest BCUT2D eigenvalue weighted by atomic mass is 32.2. The zero-order valence-corrected chi connectivity index (χ0v) is 82.0. The summed E-state index contributed by atoms with van der Waals surface area (Å²) in [4.78, 5) is 117. The number of rotatable bonds is 68. The lowest BCUT2D eigenvalue weighted by molar-refractivity contribution is 0.0712. The average Bonchev–Trinajstić information content (AvgIpc) is 0.754. The Morgan fingerprint density at radius 1 is 0.300 bits per heavy atom. The molecule has 0 radical (unpaired) electrons. The third kappa shape index (κ3) is 70.3. The van der Waals surface area contributed by atoms with Crippen molar-refractivity contribution in [2.75, 3.05) is 95.2 Å². The maximum absolute atomic E-state index is 11.7. The van der Waals surface area contributed by atoms with Gasteiger partial charge < -0.3 is 150 Å². The summed E-state index contributed by atoms with van der Waals surface area (Å²) >= 11 is 0. The highest BCUT2D eigenvalue weighted by Gasteiger charge is 2.61. The lowest BCUT2D eigenvalue weighted by Crippen LogP contribution is -2.59. The largest absolute Gasteiger partial charge is 0.510 e. The second-order valence-corrected chi connectivity index (χ2v) is 63.5. The molecule has 0 aromatic carbocycles. The van der Waals surface area contributed by atoms with Crippen LogP contribution >= 0.6 is 23.5 Å². The van der Waals surface area contributed by atoms with Crippen LogP contribution in [0.3, 0.4) is 0 Å². The molecule has 0 heterocycles. The molecule has 0 aromatic heterocycles. The van der Waals surface area contributed by atoms with Crippen molar-refractivity contribution < 1.29 is 183 Å². The highest BCUT2D eigenvalue weighted by molar-refractivity contribution is 7.86. The minimum atomic E-state index is -5.71. The molecule has 0 rings (SSSR count). The van der Waals surface area contributed by atoms with Crippen LogP contribution in [0.1, 0.15) is 97.8 Å². The Balaban J connectivity index is -0.000000692. The Morgan fingerprint density at radius 2 is 0.527 bits per heavy atom. The molecule has 668 valence electrons. The molecule has 0 fully saturated rings. The predicted octanol–water partition coefficient (Wildman–Crippen LogP) is -7.11. The molecule has 32 N–H and O–H groups in total. The van der Waals surface area contributed by atoms with Gasteiger partial charge in [-0.3, -0.25) is 30.8 Å². The molecule has 4 unspecified atom stereocenters. The normalized spacial score (nSPS) is 15.9. The van der Waals surface area contributed by atoms with Crippen LogP contribution in [0, 0.1) is 0 Å². The van der Waals surface area contributed by atoms with Crippen molar-refractivity contribution in [3.8, 4) is 0 Å². The molecule has 4 atom stereocenters. The van der Waals surface area contributed by atoms with Gasteiger partial charge in [0.1, 0.15) is 0 Å². The van der Waals surface area contributed by atoms with Gasteiger partial charge in [0, 0.05) is 68.2 Å². The van der Waals surface area contributed by atoms with Gasteiger partial charge in [0.05, 0.1) is 23.0 Å². The molecule has 0 aliphatic carbocycles. The van der Waals surface area contributed by atoms with Crippen molar-refractivity contribution in [1.82, 2.24) is 0 Å². The van der Waals surface area contributed by atoms with Crippen LogP contribution in [0.5, 0.6) is 0 Å². The summed E-state index contributed by atoms with van der Waals surface area (Å²) in [6.07, 6.45) is 3.19. The molecule has 0 saturated heterocycles. The van der Waals surface area contributed by atoms with Gasteiger partial charge >= 0.3 is 93.9 Å². The Bertz CT molecular complexity index is 2930. The maximum atomic E-state index is 11.7. The molecule has 68 heteroatoms. The smallest absolute Gasteiger partial charge is 0.422 e. The topological polar surface area (TPSA) is 849 Å². The fraction of sp³-hybridized carbons (Fsp3) is 1.00. The van der Waals surface area contributed by atoms with Crippen molar-refractivity contribution >= 4 is 173 Å². The van der Waals surface area contributed by atoms with E-state index in [9.17, 15) is 106 Å². The summed E-state index contributed by atoms with van der Waals surface area (Å²) in [6.45, 7) is 9.42. The minimum absolute atomic E-state index is 0.0984. The first kappa shape index (κ1) is 118. The van der Waals surface area contributed by atoms with E-state index in [0.29, 0.717) is 96.9 Å². The monoisotopic (exact) mass is 1960 g/mol. The number of phosphoric acid groups is 3. The zero-order chi connectivity index (χ0) is 85.8. The molecule has 0 aliphatic rings. The molecule has 0 amide bonds. The zero-order valence-electron chi connectivity index (χ0n) is 62.4. The Kier molecular flexibility index (Phi) is 64.5. The quantitative estimate of drug-likeness (QED) is 0.0116. The summed E-state index contributed by atoms with van der Waals surface area (Å²) in [5, 5.41) is 0. The molecule has 0 bridgehead atoms. The van der Waals surface area contributed by atoms with Gasteiger partial charge in [-0.1, -0.05) is 0 Å². The third-order valence-corrected chi connectivity index (χ3v) is 56.3. The minimum Gasteiger partial charge on any atom is -0.422 e. The lowest BCUT2D eigenvalue weighted by Gasteiger charge is -2.38. The van der Waals surface area contributed by atoms with Crippen LogP contribution < -0.4 is 45.9 Å². The average molecular weight is 1960 g/mol. The fourth-order valence-electron chi connectivity index (χ4n) is 8.73. The highest BCUT2D eigenvalue weighted by Crippen LogP contribution is 2.52. The third-order valence-electron chi connectivity index (χ3n) is 13.2. The first-order valence-corrected chi connectivity index (χ1v) is 67.8. The van der Waals surface area contributed by atoms with Crippen LogP contribution in [0.4, 0.5) is 0 Å². The van der Waals surface area contributed by atoms with Crippen LogP contribution in [0.2, 0.25) is 72.5 Å². The maximum Gasteiger partial charge on any atom is 0.510 e. The van der Waals surface area contributed by atoms with E-state index in [1.54, 1.807) is 0 Å². The summed E-state index contributed by atoms with van der Waals surface area (Å²) in [7, 11) is -71.8. The number of hydrogen-bond acceptors (Lipinski definition) is 39. The lowest BCUT2D eigenvalue weighted by atomic mass is 10.5. The van der Waals surface area contributed by atoms with Gasteiger partial charge in [0.2, 0.25) is 0 Å². The summed E-state index contributed by atoms with van der Waals surface area (Å²) in [5.74, 6) is -2.69. The van der Waals surface area contributed by atoms with E-state index in [-0.39, 0.29) is 74.7 Å². The molecule has 0 aliphatic heterocycles. The van der Waals surface area contributed by atoms with Crippen LogP contribution in [0.25, 0.3) is 0 Å². The molecule has 0 spiro atoms. The molecule has 49 nitrogen and oxygen atoms in total. The number of nitrogens with two attached hydrogens (primary N) is 8. The van der Waals surface area contributed by atoms with Crippen LogP contribution in [-0.4, -0.2) is 315 Å². The van der Waals surface area contributed by atoms with Crippen LogP contribution in [-0.2, 0) is 113 Å². The fourth-order valence-corrected chi connectivity index (χ4v) is 53.6. The van der Waals surface area contributed by atoms with Crippen LogP contribution in [0.15, 0.2) is 0 Å². The van der Waals surface area contributed by atoms with Gasteiger partial charge in [-0.15, -0.1) is 0 Å². The Morgan fingerprint density at radius 3 is 0.809 bits per heavy atom. The first-order chi connectivity index (χ1) is 50.4. The molecule has 0 saturated carbocycles.